The van der Waals surface area contributed by atoms with Crippen LogP contribution in [0.2, 0.25) is 0 Å². The highest BCUT2D eigenvalue weighted by Crippen LogP contribution is 2.66. The fourth-order valence-electron chi connectivity index (χ4n) is 20.6. The van der Waals surface area contributed by atoms with Crippen LogP contribution < -0.4 is 5.32 Å². The third-order valence-electron chi connectivity index (χ3n) is 25.1. The molecule has 14 rings (SSSR count). The minimum atomic E-state index is -0.565. The van der Waals surface area contributed by atoms with Crippen molar-refractivity contribution in [2.75, 3.05) is 13.1 Å². The van der Waals surface area contributed by atoms with Gasteiger partial charge in [0.05, 0.1) is 35.6 Å². The van der Waals surface area contributed by atoms with Gasteiger partial charge in [-0.05, 0) is 199 Å². The SMILES string of the molecule is C.C.CC1=C2C[C@H]3[C@@H](CC=C4C[C@@H](O)CC[C@@]43C)[C@@H]2CC[C@@]2(C1)O[C@@H]1C[C@H](C)CN[C@H]1[C@H]2C.CC1=C2C[C@H]3[C@@H](CC=C4C[C@@H](OC(=O)OCc5ccccc5)CC[C@@]43C)[C@@H]2CC[C@@]2(C1)O[C@@H]1C[C@H](C)CN(C(=O)OCc3ccccc3)[C@H]1[C@H]2C. The van der Waals surface area contributed by atoms with Crippen molar-refractivity contribution < 1.29 is 38.4 Å². The summed E-state index contributed by atoms with van der Waals surface area (Å²) in [5.74, 6) is 6.12. The van der Waals surface area contributed by atoms with Gasteiger partial charge in [0.2, 0.25) is 0 Å². The monoisotopic (exact) mass is 1150 g/mol. The molecule has 8 fully saturated rings. The number of carbonyl (C=O) groups excluding carboxylic acids is 2. The number of aliphatic hydroxyl groups is 1. The summed E-state index contributed by atoms with van der Waals surface area (Å²) in [6.45, 7) is 21.7. The van der Waals surface area contributed by atoms with Gasteiger partial charge < -0.3 is 39.0 Å². The Hall–Kier alpha value is -4.22. The zero-order valence-electron chi connectivity index (χ0n) is 51.0. The molecule has 84 heavy (non-hydrogen) atoms. The van der Waals surface area contributed by atoms with Crippen molar-refractivity contribution in [2.45, 2.75) is 247 Å². The summed E-state index contributed by atoms with van der Waals surface area (Å²) < 4.78 is 31.4. The normalized spacial score (nSPS) is 42.4. The minimum Gasteiger partial charge on any atom is -0.445 e. The van der Waals surface area contributed by atoms with Gasteiger partial charge in [-0.25, -0.2) is 9.59 Å². The summed E-state index contributed by atoms with van der Waals surface area (Å²) in [7, 11) is 0. The molecule has 4 aliphatic heterocycles. The molecule has 4 heterocycles. The van der Waals surface area contributed by atoms with Gasteiger partial charge in [0.1, 0.15) is 19.3 Å². The molecular formula is C74H106N2O8. The Morgan fingerprint density at radius 3 is 1.80 bits per heavy atom. The number of rotatable bonds is 5. The number of benzene rings is 2. The number of aliphatic hydroxyl groups excluding tert-OH is 1. The second-order valence-electron chi connectivity index (χ2n) is 29.7. The maximum absolute atomic E-state index is 13.6. The number of nitrogens with zero attached hydrogens (tertiary/aromatic N) is 1. The van der Waals surface area contributed by atoms with Crippen molar-refractivity contribution in [3.05, 3.63) is 117 Å². The van der Waals surface area contributed by atoms with Crippen LogP contribution in [0.3, 0.4) is 0 Å². The first-order chi connectivity index (χ1) is 39.4. The van der Waals surface area contributed by atoms with E-state index in [0.29, 0.717) is 53.8 Å². The molecule has 10 nitrogen and oxygen atoms in total. The Morgan fingerprint density at radius 2 is 1.19 bits per heavy atom. The van der Waals surface area contributed by atoms with Gasteiger partial charge >= 0.3 is 12.2 Å². The smallest absolute Gasteiger partial charge is 0.445 e. The molecule has 4 saturated heterocycles. The average molecular weight is 1150 g/mol. The number of piperidine rings is 2. The number of allylic oxidation sites excluding steroid dienone is 4. The molecule has 2 aromatic rings. The van der Waals surface area contributed by atoms with Crippen molar-refractivity contribution >= 4 is 12.2 Å². The van der Waals surface area contributed by atoms with Gasteiger partial charge in [0, 0.05) is 30.8 Å². The van der Waals surface area contributed by atoms with Crippen LogP contribution in [0.25, 0.3) is 0 Å². The molecule has 0 unspecified atom stereocenters. The number of hydrogen-bond donors (Lipinski definition) is 2. The molecule has 1 amide bonds. The van der Waals surface area contributed by atoms with E-state index in [1.54, 1.807) is 22.3 Å². The first-order valence-electron chi connectivity index (χ1n) is 32.8. The zero-order chi connectivity index (χ0) is 56.9. The molecule has 0 aromatic heterocycles. The highest BCUT2D eigenvalue weighted by Gasteiger charge is 2.62. The predicted molar refractivity (Wildman–Crippen MR) is 334 cm³/mol. The molecule has 2 aromatic carbocycles. The lowest BCUT2D eigenvalue weighted by atomic mass is 9.56. The topological polar surface area (TPSA) is 116 Å². The van der Waals surface area contributed by atoms with Gasteiger partial charge in [0.25, 0.3) is 0 Å². The number of amides is 1. The third-order valence-corrected chi connectivity index (χ3v) is 25.1. The Balaban J connectivity index is 0.000000191. The Kier molecular flexibility index (Phi) is 17.6. The summed E-state index contributed by atoms with van der Waals surface area (Å²) in [6, 6.07) is 20.3. The van der Waals surface area contributed by atoms with E-state index in [0.717, 1.165) is 125 Å². The summed E-state index contributed by atoms with van der Waals surface area (Å²) in [4.78, 5) is 28.2. The maximum atomic E-state index is 13.6. The van der Waals surface area contributed by atoms with E-state index < -0.39 is 6.16 Å². The molecule has 0 radical (unpaired) electrons. The van der Waals surface area contributed by atoms with Crippen LogP contribution in [0.4, 0.5) is 9.59 Å². The lowest BCUT2D eigenvalue weighted by molar-refractivity contribution is -0.0784. The Bertz CT molecular complexity index is 2840. The first kappa shape index (κ1) is 61.4. The van der Waals surface area contributed by atoms with Crippen LogP contribution in [0.1, 0.15) is 197 Å². The van der Waals surface area contributed by atoms with Crippen molar-refractivity contribution in [3.8, 4) is 0 Å². The molecule has 2 spiro atoms. The van der Waals surface area contributed by atoms with E-state index in [2.05, 4.69) is 72.9 Å². The van der Waals surface area contributed by atoms with E-state index in [9.17, 15) is 14.7 Å². The van der Waals surface area contributed by atoms with Gasteiger partial charge in [-0.3, -0.25) is 0 Å². The van der Waals surface area contributed by atoms with Crippen LogP contribution >= 0.6 is 0 Å². The maximum Gasteiger partial charge on any atom is 0.508 e. The third kappa shape index (κ3) is 10.9. The van der Waals surface area contributed by atoms with Crippen LogP contribution in [0.15, 0.2) is 106 Å². The Morgan fingerprint density at radius 1 is 0.655 bits per heavy atom. The van der Waals surface area contributed by atoms with Gasteiger partial charge in [-0.1, -0.05) is 163 Å². The number of ether oxygens (including phenoxy) is 5. The molecule has 10 heteroatoms. The molecule has 4 saturated carbocycles. The van der Waals surface area contributed by atoms with Crippen LogP contribution in [0.5, 0.6) is 0 Å². The first-order valence-corrected chi connectivity index (χ1v) is 32.8. The minimum absolute atomic E-state index is 0. The van der Waals surface area contributed by atoms with E-state index in [1.165, 1.54) is 49.7 Å². The van der Waals surface area contributed by atoms with Crippen LogP contribution in [-0.2, 0) is 36.9 Å². The number of likely N-dealkylation sites (tertiary alicyclic amines) is 1. The summed E-state index contributed by atoms with van der Waals surface area (Å²) in [5, 5.41) is 14.1. The fourth-order valence-corrected chi connectivity index (χ4v) is 20.6. The molecule has 8 aliphatic carbocycles. The largest absolute Gasteiger partial charge is 0.508 e. The van der Waals surface area contributed by atoms with Crippen molar-refractivity contribution in [3.63, 3.8) is 0 Å². The van der Waals surface area contributed by atoms with E-state index in [4.69, 9.17) is 23.7 Å². The predicted octanol–water partition coefficient (Wildman–Crippen LogP) is 16.5. The highest BCUT2D eigenvalue weighted by molar-refractivity contribution is 5.68. The van der Waals surface area contributed by atoms with Gasteiger partial charge in [-0.15, -0.1) is 0 Å². The molecule has 2 N–H and O–H groups in total. The summed E-state index contributed by atoms with van der Waals surface area (Å²) in [6.07, 6.45) is 24.2. The lowest BCUT2D eigenvalue weighted by Crippen LogP contribution is -2.54. The lowest BCUT2D eigenvalue weighted by Gasteiger charge is -2.49. The van der Waals surface area contributed by atoms with Crippen molar-refractivity contribution in [1.82, 2.24) is 10.2 Å². The van der Waals surface area contributed by atoms with Gasteiger partial charge in [0.15, 0.2) is 0 Å². The second-order valence-corrected chi connectivity index (χ2v) is 29.7. The van der Waals surface area contributed by atoms with Crippen LogP contribution in [-0.4, -0.2) is 83.0 Å². The van der Waals surface area contributed by atoms with Crippen LogP contribution in [0, 0.1) is 70.0 Å². The Labute approximate surface area is 505 Å². The van der Waals surface area contributed by atoms with Crippen molar-refractivity contribution in [1.29, 1.82) is 0 Å². The van der Waals surface area contributed by atoms with E-state index >= 15 is 0 Å². The van der Waals surface area contributed by atoms with Crippen molar-refractivity contribution in [2.24, 2.45) is 70.0 Å². The van der Waals surface area contributed by atoms with Gasteiger partial charge in [-0.2, -0.15) is 0 Å². The molecular weight excluding hydrogens is 1040 g/mol. The highest BCUT2D eigenvalue weighted by atomic mass is 16.7. The fraction of sp³-hybridized carbons (Fsp3) is 0.703. The standard InChI is InChI=1S/C44H55NO6.C28H43NO2.2CH4/c1-28-21-39-40(45(25-28)41(46)48-26-31-11-7-5-8-12-31)30(3)44(51-39)20-18-35-36-16-15-33-22-34(50-42(47)49-27-32-13-9-6-10-14-32)17-19-43(33,4)38(36)23-37(35)29(2)24-44;1-16-11-25-26(29-15-16)18(3)28(31-25)10-8-21-22-6-5-19-12-20(30)7-9-27(19,4)24(22)13-23(21)17(2)14-28;;/h5-15,28,30,34-36,38-40H,16-27H2,1-4H3;5,16,18,20-22,24-26,29-30H,6-15H2,1-4H3;2*1H4/t28-,30+,34-,35-,36-,38-,39+,40-,43-,44-;16-,18+,20-,21-,22-,24-,25+,26-,27-,28-;;/m00../s1. The molecule has 12 aliphatic rings. The summed E-state index contributed by atoms with van der Waals surface area (Å²) in [5.41, 5.74) is 12.0. The molecule has 0 bridgehead atoms. The second kappa shape index (κ2) is 24.0. The number of nitrogens with one attached hydrogen (secondary N) is 1. The number of fused-ring (bicyclic) bond motifs is 12. The molecule has 20 atom stereocenters. The number of carbonyl (C=O) groups is 2. The zero-order valence-corrected chi connectivity index (χ0v) is 51.0. The number of hydrogen-bond acceptors (Lipinski definition) is 9. The quantitative estimate of drug-likeness (QED) is 0.223. The molecule has 460 valence electrons. The average Bonchev–Trinajstić information content (AvgIpc) is 1.78. The van der Waals surface area contributed by atoms with E-state index in [1.807, 2.05) is 65.6 Å². The van der Waals surface area contributed by atoms with E-state index in [-0.39, 0.29) is 74.4 Å². The summed E-state index contributed by atoms with van der Waals surface area (Å²) >= 11 is 0.